The summed E-state index contributed by atoms with van der Waals surface area (Å²) in [6.07, 6.45) is -1.16. The molecule has 0 saturated carbocycles. The highest BCUT2D eigenvalue weighted by molar-refractivity contribution is 5.79. The fourth-order valence-electron chi connectivity index (χ4n) is 2.18. The molecule has 1 heterocycles. The van der Waals surface area contributed by atoms with E-state index in [0.29, 0.717) is 31.7 Å². The monoisotopic (exact) mass is 357 g/mol. The lowest BCUT2D eigenvalue weighted by Crippen LogP contribution is -2.38. The first-order chi connectivity index (χ1) is 11.9. The Kier molecular flexibility index (Phi) is 6.37. The van der Waals surface area contributed by atoms with Crippen LogP contribution in [0.15, 0.2) is 41.7 Å². The largest absolute Gasteiger partial charge is 0.416 e. The molecule has 5 nitrogen and oxygen atoms in total. The Morgan fingerprint density at radius 2 is 2.08 bits per heavy atom. The molecule has 136 valence electrons. The van der Waals surface area contributed by atoms with Gasteiger partial charge in [0.1, 0.15) is 5.82 Å². The molecule has 25 heavy (non-hydrogen) atoms. The van der Waals surface area contributed by atoms with Crippen molar-refractivity contribution in [2.75, 3.05) is 13.1 Å². The lowest BCUT2D eigenvalue weighted by molar-refractivity contribution is -0.138. The van der Waals surface area contributed by atoms with Crippen LogP contribution in [0.2, 0.25) is 0 Å². The molecule has 1 aromatic heterocycles. The Morgan fingerprint density at radius 1 is 1.28 bits per heavy atom. The maximum Gasteiger partial charge on any atom is 0.416 e. The average molecular weight is 357 g/mol. The number of alkyl halides is 3. The molecular weight excluding hydrogens is 338 g/mol. The van der Waals surface area contributed by atoms with Crippen LogP contribution in [0.1, 0.15) is 18.1 Å². The van der Waals surface area contributed by atoms with Crippen molar-refractivity contribution in [1.29, 1.82) is 0 Å². The molecule has 2 rings (SSSR count). The summed E-state index contributed by atoms with van der Waals surface area (Å²) in [4.78, 5) is 4.15. The van der Waals surface area contributed by atoms with E-state index in [1.807, 2.05) is 6.92 Å². The van der Waals surface area contributed by atoms with Crippen molar-refractivity contribution in [1.82, 2.24) is 20.4 Å². The Labute approximate surface area is 142 Å². The van der Waals surface area contributed by atoms with Crippen LogP contribution in [0.4, 0.5) is 17.6 Å². The first-order valence-electron chi connectivity index (χ1n) is 7.75. The van der Waals surface area contributed by atoms with E-state index in [9.17, 15) is 17.6 Å². The second-order valence-corrected chi connectivity index (χ2v) is 5.19. The van der Waals surface area contributed by atoms with E-state index < -0.39 is 17.6 Å². The molecule has 0 fully saturated rings. The van der Waals surface area contributed by atoms with Gasteiger partial charge in [-0.15, -0.1) is 0 Å². The second-order valence-electron chi connectivity index (χ2n) is 5.19. The van der Waals surface area contributed by atoms with Crippen LogP contribution < -0.4 is 10.6 Å². The molecule has 0 aliphatic heterocycles. The highest BCUT2D eigenvalue weighted by Gasteiger charge is 2.33. The number of hydrogen-bond acceptors (Lipinski definition) is 2. The molecule has 1 aromatic carbocycles. The van der Waals surface area contributed by atoms with Gasteiger partial charge in [0.05, 0.1) is 18.7 Å². The minimum Gasteiger partial charge on any atom is -0.357 e. The van der Waals surface area contributed by atoms with E-state index in [1.54, 1.807) is 23.1 Å². The zero-order valence-electron chi connectivity index (χ0n) is 13.6. The molecule has 0 unspecified atom stereocenters. The van der Waals surface area contributed by atoms with Gasteiger partial charge in [-0.25, -0.2) is 9.38 Å². The third kappa shape index (κ3) is 5.77. The predicted molar refractivity (Wildman–Crippen MR) is 86.4 cm³/mol. The topological polar surface area (TPSA) is 54.2 Å². The summed E-state index contributed by atoms with van der Waals surface area (Å²) >= 11 is 0. The Bertz CT molecular complexity index is 695. The number of nitrogens with one attached hydrogen (secondary N) is 2. The number of hydrogen-bond donors (Lipinski definition) is 2. The molecule has 9 heteroatoms. The van der Waals surface area contributed by atoms with Gasteiger partial charge in [-0.05, 0) is 30.7 Å². The van der Waals surface area contributed by atoms with E-state index in [2.05, 4.69) is 20.7 Å². The molecule has 2 aromatic rings. The molecule has 2 N–H and O–H groups in total. The molecule has 0 spiro atoms. The number of aromatic nitrogens is 2. The van der Waals surface area contributed by atoms with Gasteiger partial charge in [-0.3, -0.25) is 4.68 Å². The van der Waals surface area contributed by atoms with Crippen LogP contribution >= 0.6 is 0 Å². The van der Waals surface area contributed by atoms with E-state index in [-0.39, 0.29) is 12.1 Å². The van der Waals surface area contributed by atoms with Gasteiger partial charge in [0.15, 0.2) is 5.96 Å². The molecule has 0 radical (unpaired) electrons. The van der Waals surface area contributed by atoms with Gasteiger partial charge < -0.3 is 10.6 Å². The normalized spacial score (nSPS) is 12.3. The Morgan fingerprint density at radius 3 is 2.72 bits per heavy atom. The number of rotatable bonds is 6. The van der Waals surface area contributed by atoms with Crippen LogP contribution in [-0.4, -0.2) is 28.8 Å². The quantitative estimate of drug-likeness (QED) is 0.475. The summed E-state index contributed by atoms with van der Waals surface area (Å²) in [6, 6.07) is 4.39. The first kappa shape index (κ1) is 18.8. The highest BCUT2D eigenvalue weighted by atomic mass is 19.4. The average Bonchev–Trinajstić information content (AvgIpc) is 3.06. The molecule has 0 aliphatic rings. The lowest BCUT2D eigenvalue weighted by Gasteiger charge is -2.14. The lowest BCUT2D eigenvalue weighted by atomic mass is 10.1. The fourth-order valence-corrected chi connectivity index (χ4v) is 2.18. The zero-order valence-corrected chi connectivity index (χ0v) is 13.6. The van der Waals surface area contributed by atoms with Crippen LogP contribution in [-0.2, 0) is 19.3 Å². The molecule has 0 amide bonds. The van der Waals surface area contributed by atoms with E-state index >= 15 is 0 Å². The fraction of sp³-hybridized carbons (Fsp3) is 0.375. The standard InChI is InChI=1S/C16H19F4N5/c1-2-21-15(22-7-9-25-8-3-6-24-25)23-11-12-4-5-13(17)10-14(12)16(18,19)20/h3-6,8,10H,2,7,9,11H2,1H3,(H2,21,22,23). The van der Waals surface area contributed by atoms with Gasteiger partial charge in [0.2, 0.25) is 0 Å². The third-order valence-corrected chi connectivity index (χ3v) is 3.32. The molecule has 0 saturated heterocycles. The number of benzene rings is 1. The summed E-state index contributed by atoms with van der Waals surface area (Å²) in [5.41, 5.74) is -1.10. The highest BCUT2D eigenvalue weighted by Crippen LogP contribution is 2.32. The predicted octanol–water partition coefficient (Wildman–Crippen LogP) is 2.80. The molecular formula is C16H19F4N5. The van der Waals surface area contributed by atoms with Crippen molar-refractivity contribution < 1.29 is 17.6 Å². The van der Waals surface area contributed by atoms with E-state index in [0.717, 1.165) is 12.1 Å². The number of aliphatic imine (C=N–C) groups is 1. The van der Waals surface area contributed by atoms with Gasteiger partial charge in [-0.1, -0.05) is 6.07 Å². The van der Waals surface area contributed by atoms with Crippen molar-refractivity contribution >= 4 is 5.96 Å². The summed E-state index contributed by atoms with van der Waals surface area (Å²) < 4.78 is 53.9. The van der Waals surface area contributed by atoms with Gasteiger partial charge in [0, 0.05) is 25.5 Å². The van der Waals surface area contributed by atoms with Crippen molar-refractivity contribution in [3.05, 3.63) is 53.6 Å². The number of guanidine groups is 1. The van der Waals surface area contributed by atoms with Gasteiger partial charge in [0.25, 0.3) is 0 Å². The Balaban J connectivity index is 2.05. The molecule has 0 bridgehead atoms. The van der Waals surface area contributed by atoms with Crippen molar-refractivity contribution in [2.24, 2.45) is 4.99 Å². The minimum atomic E-state index is -4.63. The minimum absolute atomic E-state index is 0.0850. The Hall–Kier alpha value is -2.58. The van der Waals surface area contributed by atoms with Gasteiger partial charge in [-0.2, -0.15) is 18.3 Å². The summed E-state index contributed by atoms with van der Waals surface area (Å²) in [5.74, 6) is -0.545. The van der Waals surface area contributed by atoms with Crippen LogP contribution in [0.3, 0.4) is 0 Å². The number of halogens is 4. The third-order valence-electron chi connectivity index (χ3n) is 3.32. The second kappa shape index (κ2) is 8.50. The summed E-state index contributed by atoms with van der Waals surface area (Å²) in [6.45, 7) is 3.28. The molecule has 0 aliphatic carbocycles. The van der Waals surface area contributed by atoms with Crippen LogP contribution in [0.25, 0.3) is 0 Å². The zero-order chi connectivity index (χ0) is 18.3. The van der Waals surface area contributed by atoms with Crippen molar-refractivity contribution in [3.8, 4) is 0 Å². The summed E-state index contributed by atoms with van der Waals surface area (Å²) in [7, 11) is 0. The maximum atomic E-state index is 13.1. The van der Waals surface area contributed by atoms with Crippen LogP contribution in [0.5, 0.6) is 0 Å². The maximum absolute atomic E-state index is 13.1. The van der Waals surface area contributed by atoms with E-state index in [1.165, 1.54) is 0 Å². The summed E-state index contributed by atoms with van der Waals surface area (Å²) in [5, 5.41) is 10.0. The number of nitrogens with zero attached hydrogens (tertiary/aromatic N) is 3. The van der Waals surface area contributed by atoms with Crippen molar-refractivity contribution in [2.45, 2.75) is 26.2 Å². The smallest absolute Gasteiger partial charge is 0.357 e. The molecule has 0 atom stereocenters. The first-order valence-corrected chi connectivity index (χ1v) is 7.75. The van der Waals surface area contributed by atoms with Crippen molar-refractivity contribution in [3.63, 3.8) is 0 Å². The SMILES string of the molecule is CCNC(=NCc1ccc(F)cc1C(F)(F)F)NCCn1cccn1. The van der Waals surface area contributed by atoms with Crippen LogP contribution in [0, 0.1) is 5.82 Å². The van der Waals surface area contributed by atoms with E-state index in [4.69, 9.17) is 0 Å². The van der Waals surface area contributed by atoms with Gasteiger partial charge >= 0.3 is 6.18 Å².